The molecular formula is C20H23F3N3O4PS. The van der Waals surface area contributed by atoms with Crippen molar-refractivity contribution in [3.63, 3.8) is 0 Å². The van der Waals surface area contributed by atoms with Gasteiger partial charge in [-0.25, -0.2) is 4.79 Å². The summed E-state index contributed by atoms with van der Waals surface area (Å²) in [5.74, 6) is -1.32. The summed E-state index contributed by atoms with van der Waals surface area (Å²) in [7, 11) is -1.28. The van der Waals surface area contributed by atoms with Crippen LogP contribution in [-0.4, -0.2) is 28.0 Å². The summed E-state index contributed by atoms with van der Waals surface area (Å²) < 4.78 is 58.8. The van der Waals surface area contributed by atoms with Crippen molar-refractivity contribution >= 4 is 36.3 Å². The zero-order valence-corrected chi connectivity index (χ0v) is 19.8. The number of aliphatic carboxylic acids is 1. The number of carbonyl (C=O) groups is 1. The molecule has 0 saturated carbocycles. The van der Waals surface area contributed by atoms with Gasteiger partial charge in [-0.15, -0.1) is 12.6 Å². The minimum Gasteiger partial charge on any atom is -0.478 e. The normalized spacial score (nSPS) is 15.2. The maximum Gasteiger partial charge on any atom is 0.435 e. The molecule has 1 atom stereocenters. The summed E-state index contributed by atoms with van der Waals surface area (Å²) in [6.45, 7) is 4.85. The van der Waals surface area contributed by atoms with E-state index in [1.165, 1.54) is 27.2 Å². The monoisotopic (exact) mass is 489 g/mol. The lowest BCUT2D eigenvalue weighted by molar-refractivity contribution is -0.141. The molecule has 12 heteroatoms. The number of allylic oxidation sites excluding steroid dienone is 1. The zero-order chi connectivity index (χ0) is 24.4. The first-order chi connectivity index (χ1) is 14.7. The Bertz CT molecular complexity index is 1160. The second-order valence-electron chi connectivity index (χ2n) is 7.05. The topological polar surface area (TPSA) is 93.5 Å². The molecule has 2 aromatic rings. The van der Waals surface area contributed by atoms with Gasteiger partial charge in [-0.05, 0) is 44.5 Å². The second kappa shape index (κ2) is 9.56. The van der Waals surface area contributed by atoms with E-state index in [1.54, 1.807) is 25.1 Å². The number of aromatic nitrogens is 2. The summed E-state index contributed by atoms with van der Waals surface area (Å²) in [5, 5.41) is 15.9. The summed E-state index contributed by atoms with van der Waals surface area (Å²) >= 11 is 4.24. The lowest BCUT2D eigenvalue weighted by Gasteiger charge is -2.22. The molecule has 1 heterocycles. The first-order valence-electron chi connectivity index (χ1n) is 9.18. The van der Waals surface area contributed by atoms with Crippen LogP contribution in [0.4, 0.5) is 13.2 Å². The Morgan fingerprint density at radius 1 is 1.31 bits per heavy atom. The number of carboxylic acids is 1. The van der Waals surface area contributed by atoms with Crippen LogP contribution in [0.3, 0.4) is 0 Å². The van der Waals surface area contributed by atoms with E-state index in [0.717, 1.165) is 16.3 Å². The third-order valence-electron chi connectivity index (χ3n) is 4.63. The quantitative estimate of drug-likeness (QED) is 0.231. The molecule has 0 spiro atoms. The molecule has 1 unspecified atom stereocenters. The van der Waals surface area contributed by atoms with E-state index in [2.05, 4.69) is 22.8 Å². The van der Waals surface area contributed by atoms with Crippen LogP contribution in [-0.2, 0) is 27.1 Å². The van der Waals surface area contributed by atoms with Gasteiger partial charge in [0.05, 0.1) is 22.3 Å². The van der Waals surface area contributed by atoms with E-state index in [9.17, 15) is 27.6 Å². The average Bonchev–Trinajstić information content (AvgIpc) is 3.08. The number of hydrogen-bond donors (Lipinski definition) is 3. The number of benzene rings is 1. The third kappa shape index (κ3) is 5.65. The van der Waals surface area contributed by atoms with Crippen molar-refractivity contribution in [1.29, 1.82) is 0 Å². The van der Waals surface area contributed by atoms with Gasteiger partial charge in [-0.3, -0.25) is 9.25 Å². The van der Waals surface area contributed by atoms with Crippen molar-refractivity contribution in [3.05, 3.63) is 64.1 Å². The Kier molecular flexibility index (Phi) is 7.70. The first-order valence-corrected chi connectivity index (χ1v) is 11.2. The van der Waals surface area contributed by atoms with Crippen molar-refractivity contribution in [1.82, 2.24) is 14.9 Å². The summed E-state index contributed by atoms with van der Waals surface area (Å²) in [6, 6.07) is 5.92. The van der Waals surface area contributed by atoms with Crippen molar-refractivity contribution in [2.75, 3.05) is 7.11 Å². The van der Waals surface area contributed by atoms with E-state index in [4.69, 9.17) is 4.52 Å². The number of thiol groups is 1. The molecule has 0 amide bonds. The van der Waals surface area contributed by atoms with Gasteiger partial charge in [0, 0.05) is 19.1 Å². The van der Waals surface area contributed by atoms with E-state index in [0.29, 0.717) is 10.9 Å². The van der Waals surface area contributed by atoms with Crippen molar-refractivity contribution in [3.8, 4) is 0 Å². The van der Waals surface area contributed by atoms with Crippen LogP contribution < -0.4 is 10.4 Å². The highest BCUT2D eigenvalue weighted by atomic mass is 32.1. The van der Waals surface area contributed by atoms with Crippen LogP contribution in [0.15, 0.2) is 41.6 Å². The van der Waals surface area contributed by atoms with Crippen LogP contribution in [0.2, 0.25) is 0 Å². The number of rotatable bonds is 7. The first kappa shape index (κ1) is 25.8. The van der Waals surface area contributed by atoms with Gasteiger partial charge < -0.3 is 14.7 Å². The Morgan fingerprint density at radius 2 is 1.94 bits per heavy atom. The van der Waals surface area contributed by atoms with Gasteiger partial charge in [0.15, 0.2) is 5.69 Å². The molecule has 0 fully saturated rings. The lowest BCUT2D eigenvalue weighted by Crippen LogP contribution is -2.23. The molecule has 0 bridgehead atoms. The van der Waals surface area contributed by atoms with Gasteiger partial charge in [-0.2, -0.15) is 18.3 Å². The molecule has 0 aliphatic rings. The number of halogens is 3. The Labute approximate surface area is 188 Å². The highest BCUT2D eigenvalue weighted by molar-refractivity contribution is 7.90. The van der Waals surface area contributed by atoms with Crippen LogP contribution in [0.1, 0.15) is 29.4 Å². The number of alkyl halides is 3. The molecule has 174 valence electrons. The number of aryl methyl sites for hydroxylation is 3. The average molecular weight is 489 g/mol. The summed E-state index contributed by atoms with van der Waals surface area (Å²) in [4.78, 5) is 11.6. The van der Waals surface area contributed by atoms with Crippen LogP contribution in [0, 0.1) is 13.8 Å². The standard InChI is InChI=1S/C20H23F3N3O4PS/c1-11-6-7-16(12(2)8-11)31(29,30-5)25-14(13(3)19(27)28)9-17(32)15-10-18(20(21,22)23)24-26(15)4/h6-10,32H,1-5H3,(H,25,29)(H,27,28)/b14-13-,17-9-. The smallest absolute Gasteiger partial charge is 0.435 e. The number of nitrogens with zero attached hydrogens (tertiary/aromatic N) is 2. The van der Waals surface area contributed by atoms with Gasteiger partial charge in [0.2, 0.25) is 0 Å². The Hall–Kier alpha value is -2.49. The van der Waals surface area contributed by atoms with E-state index < -0.39 is 25.4 Å². The van der Waals surface area contributed by atoms with Crippen molar-refractivity contribution in [2.24, 2.45) is 7.05 Å². The number of carboxylic acid groups (broad SMARTS) is 1. The van der Waals surface area contributed by atoms with Crippen molar-refractivity contribution in [2.45, 2.75) is 26.9 Å². The predicted molar refractivity (Wildman–Crippen MR) is 119 cm³/mol. The molecule has 0 saturated heterocycles. The van der Waals surface area contributed by atoms with Gasteiger partial charge in [0.25, 0.3) is 0 Å². The molecule has 1 aromatic heterocycles. The molecule has 7 nitrogen and oxygen atoms in total. The lowest BCUT2D eigenvalue weighted by atomic mass is 10.2. The molecule has 2 rings (SSSR count). The Morgan fingerprint density at radius 3 is 2.41 bits per heavy atom. The third-order valence-corrected chi connectivity index (χ3v) is 7.18. The van der Waals surface area contributed by atoms with E-state index in [-0.39, 0.29) is 21.9 Å². The Balaban J connectivity index is 2.59. The summed E-state index contributed by atoms with van der Waals surface area (Å²) in [6.07, 6.45) is -3.48. The number of nitrogens with one attached hydrogen (secondary N) is 1. The van der Waals surface area contributed by atoms with Crippen molar-refractivity contribution < 1.29 is 32.2 Å². The van der Waals surface area contributed by atoms with Gasteiger partial charge in [0.1, 0.15) is 0 Å². The van der Waals surface area contributed by atoms with E-state index >= 15 is 0 Å². The molecule has 0 aliphatic heterocycles. The maximum atomic E-state index is 13.6. The SMILES string of the molecule is COP(=O)(NC(/C=C(\S)c1cc(C(F)(F)F)nn1C)=C(/C)C(=O)O)c1ccc(C)cc1C. The second-order valence-corrected chi connectivity index (χ2v) is 9.70. The largest absolute Gasteiger partial charge is 0.478 e. The molecule has 0 radical (unpaired) electrons. The van der Waals surface area contributed by atoms with Crippen LogP contribution in [0.25, 0.3) is 4.91 Å². The predicted octanol–water partition coefficient (Wildman–Crippen LogP) is 4.44. The molecule has 32 heavy (non-hydrogen) atoms. The van der Waals surface area contributed by atoms with Gasteiger partial charge in [-0.1, -0.05) is 17.7 Å². The van der Waals surface area contributed by atoms with E-state index in [1.807, 2.05) is 6.92 Å². The summed E-state index contributed by atoms with van der Waals surface area (Å²) in [5.41, 5.74) is 0.0736. The van der Waals surface area contributed by atoms with Crippen LogP contribution in [0.5, 0.6) is 0 Å². The minimum atomic E-state index is -4.66. The molecule has 1 aromatic carbocycles. The highest BCUT2D eigenvalue weighted by Crippen LogP contribution is 2.43. The maximum absolute atomic E-state index is 13.6. The minimum absolute atomic E-state index is 0.0167. The zero-order valence-electron chi connectivity index (χ0n) is 18.0. The highest BCUT2D eigenvalue weighted by Gasteiger charge is 2.35. The fourth-order valence-corrected chi connectivity index (χ4v) is 4.99. The molecule has 2 N–H and O–H groups in total. The molecular weight excluding hydrogens is 466 g/mol. The fraction of sp³-hybridized carbons (Fsp3) is 0.300. The van der Waals surface area contributed by atoms with Crippen LogP contribution >= 0.6 is 20.1 Å². The molecule has 0 aliphatic carbocycles. The van der Waals surface area contributed by atoms with Gasteiger partial charge >= 0.3 is 19.7 Å². The fourth-order valence-electron chi connectivity index (χ4n) is 2.89. The number of hydrogen-bond acceptors (Lipinski definition) is 5.